The number of piperidine rings is 1. The molecule has 1 spiro atoms. The van der Waals surface area contributed by atoms with E-state index in [1.54, 1.807) is 7.11 Å². The van der Waals surface area contributed by atoms with Gasteiger partial charge >= 0.3 is 0 Å². The van der Waals surface area contributed by atoms with Gasteiger partial charge in [-0.3, -0.25) is 9.69 Å². The van der Waals surface area contributed by atoms with Crippen molar-refractivity contribution in [1.29, 1.82) is 0 Å². The van der Waals surface area contributed by atoms with E-state index in [0.29, 0.717) is 5.91 Å². The van der Waals surface area contributed by atoms with Crippen molar-refractivity contribution in [3.8, 4) is 0 Å². The molecule has 0 aliphatic carbocycles. The molecule has 2 aliphatic heterocycles. The minimum absolute atomic E-state index is 0.229. The van der Waals surface area contributed by atoms with Crippen molar-refractivity contribution in [2.24, 2.45) is 5.41 Å². The maximum absolute atomic E-state index is 12.3. The number of likely N-dealkylation sites (tertiary alicyclic amines) is 2. The van der Waals surface area contributed by atoms with Crippen molar-refractivity contribution in [2.75, 3.05) is 39.9 Å². The molecule has 0 N–H and O–H groups in total. The smallest absolute Gasteiger partial charge is 0.223 e. The number of ether oxygens (including phenoxy) is 1. The molecule has 0 radical (unpaired) electrons. The maximum Gasteiger partial charge on any atom is 0.223 e. The number of aryl methyl sites for hydroxylation is 1. The van der Waals surface area contributed by atoms with E-state index in [2.05, 4.69) is 41.0 Å². The van der Waals surface area contributed by atoms with Gasteiger partial charge in [0.25, 0.3) is 0 Å². The third-order valence-electron chi connectivity index (χ3n) is 5.59. The summed E-state index contributed by atoms with van der Waals surface area (Å²) in [6.07, 6.45) is 3.98. The normalized spacial score (nSPS) is 20.9. The van der Waals surface area contributed by atoms with Crippen LogP contribution in [0.3, 0.4) is 0 Å². The monoisotopic (exact) mass is 330 g/mol. The molecule has 132 valence electrons. The van der Waals surface area contributed by atoms with Crippen molar-refractivity contribution >= 4 is 5.91 Å². The summed E-state index contributed by atoms with van der Waals surface area (Å²) < 4.78 is 5.11. The molecule has 1 aromatic carbocycles. The summed E-state index contributed by atoms with van der Waals surface area (Å²) in [7, 11) is 1.72. The molecule has 0 bridgehead atoms. The lowest BCUT2D eigenvalue weighted by Gasteiger charge is -2.39. The predicted octanol–water partition coefficient (Wildman–Crippen LogP) is 2.85. The molecule has 0 atom stereocenters. The third kappa shape index (κ3) is 4.17. The topological polar surface area (TPSA) is 32.8 Å². The van der Waals surface area contributed by atoms with E-state index in [-0.39, 0.29) is 5.41 Å². The Labute approximate surface area is 145 Å². The lowest BCUT2D eigenvalue weighted by molar-refractivity contribution is -0.128. The summed E-state index contributed by atoms with van der Waals surface area (Å²) in [6, 6.07) is 8.79. The Morgan fingerprint density at radius 3 is 2.75 bits per heavy atom. The summed E-state index contributed by atoms with van der Waals surface area (Å²) in [5.74, 6) is 0.346. The largest absolute Gasteiger partial charge is 0.385 e. The Balaban J connectivity index is 1.50. The number of methoxy groups -OCH3 is 1. The van der Waals surface area contributed by atoms with E-state index in [1.807, 2.05) is 0 Å². The van der Waals surface area contributed by atoms with E-state index in [1.165, 1.54) is 11.1 Å². The Morgan fingerprint density at radius 2 is 2.04 bits per heavy atom. The van der Waals surface area contributed by atoms with E-state index < -0.39 is 0 Å². The molecular formula is C20H30N2O2. The highest BCUT2D eigenvalue weighted by molar-refractivity contribution is 5.79. The molecular weight excluding hydrogens is 300 g/mol. The maximum atomic E-state index is 12.3. The summed E-state index contributed by atoms with van der Waals surface area (Å²) >= 11 is 0. The number of carbonyl (C=O) groups excluding carboxylic acids is 1. The molecule has 0 saturated carbocycles. The number of carbonyl (C=O) groups is 1. The van der Waals surface area contributed by atoms with Gasteiger partial charge < -0.3 is 9.64 Å². The van der Waals surface area contributed by atoms with Crippen molar-refractivity contribution < 1.29 is 9.53 Å². The molecule has 1 amide bonds. The number of rotatable bonds is 6. The fourth-order valence-electron chi connectivity index (χ4n) is 4.17. The van der Waals surface area contributed by atoms with Gasteiger partial charge in [0.2, 0.25) is 5.91 Å². The molecule has 0 unspecified atom stereocenters. The van der Waals surface area contributed by atoms with E-state index in [4.69, 9.17) is 4.74 Å². The second-order valence-electron chi connectivity index (χ2n) is 7.60. The summed E-state index contributed by atoms with van der Waals surface area (Å²) in [4.78, 5) is 16.9. The Bertz CT molecular complexity index is 565. The molecule has 4 nitrogen and oxygen atoms in total. The Hall–Kier alpha value is -1.39. The van der Waals surface area contributed by atoms with Crippen LogP contribution in [0.15, 0.2) is 24.3 Å². The van der Waals surface area contributed by atoms with Gasteiger partial charge in [-0.05, 0) is 50.3 Å². The van der Waals surface area contributed by atoms with Crippen LogP contribution in [0.4, 0.5) is 0 Å². The zero-order valence-corrected chi connectivity index (χ0v) is 15.1. The number of nitrogens with zero attached hydrogens (tertiary/aromatic N) is 2. The van der Waals surface area contributed by atoms with Crippen LogP contribution in [0.25, 0.3) is 0 Å². The zero-order chi connectivity index (χ0) is 17.0. The first-order valence-electron chi connectivity index (χ1n) is 9.15. The Morgan fingerprint density at radius 1 is 1.25 bits per heavy atom. The average Bonchev–Trinajstić information content (AvgIpc) is 2.86. The molecule has 3 rings (SSSR count). The number of amides is 1. The number of hydrogen-bond donors (Lipinski definition) is 0. The van der Waals surface area contributed by atoms with Crippen LogP contribution in [0.1, 0.15) is 36.8 Å². The van der Waals surface area contributed by atoms with Crippen molar-refractivity contribution in [2.45, 2.75) is 39.2 Å². The van der Waals surface area contributed by atoms with Gasteiger partial charge in [0.05, 0.1) is 0 Å². The van der Waals surface area contributed by atoms with Crippen LogP contribution in [0.5, 0.6) is 0 Å². The quantitative estimate of drug-likeness (QED) is 0.752. The molecule has 2 aliphatic rings. The lowest BCUT2D eigenvalue weighted by Crippen LogP contribution is -2.41. The van der Waals surface area contributed by atoms with Crippen LogP contribution in [0.2, 0.25) is 0 Å². The average molecular weight is 330 g/mol. The second-order valence-corrected chi connectivity index (χ2v) is 7.60. The highest BCUT2D eigenvalue weighted by atomic mass is 16.5. The molecule has 0 aromatic heterocycles. The van der Waals surface area contributed by atoms with Crippen molar-refractivity contribution in [1.82, 2.24) is 9.80 Å². The highest BCUT2D eigenvalue weighted by Crippen LogP contribution is 2.41. The van der Waals surface area contributed by atoms with Crippen LogP contribution in [0, 0.1) is 12.3 Å². The summed E-state index contributed by atoms with van der Waals surface area (Å²) in [6.45, 7) is 7.93. The van der Waals surface area contributed by atoms with E-state index >= 15 is 0 Å². The molecule has 4 heteroatoms. The van der Waals surface area contributed by atoms with Crippen LogP contribution < -0.4 is 0 Å². The minimum Gasteiger partial charge on any atom is -0.385 e. The molecule has 2 heterocycles. The SMILES string of the molecule is COCCCN1CC2(CCN(Cc3cccc(C)c3)CC2)CC1=O. The molecule has 1 aromatic rings. The van der Waals surface area contributed by atoms with Crippen LogP contribution >= 0.6 is 0 Å². The van der Waals surface area contributed by atoms with Crippen LogP contribution in [-0.2, 0) is 16.1 Å². The minimum atomic E-state index is 0.229. The fourth-order valence-corrected chi connectivity index (χ4v) is 4.17. The molecule has 2 saturated heterocycles. The fraction of sp³-hybridized carbons (Fsp3) is 0.650. The molecule has 24 heavy (non-hydrogen) atoms. The first kappa shape index (κ1) is 17.4. The second kappa shape index (κ2) is 7.66. The van der Waals surface area contributed by atoms with E-state index in [9.17, 15) is 4.79 Å². The van der Waals surface area contributed by atoms with E-state index in [0.717, 1.165) is 65.0 Å². The number of hydrogen-bond acceptors (Lipinski definition) is 3. The first-order valence-corrected chi connectivity index (χ1v) is 9.15. The highest BCUT2D eigenvalue weighted by Gasteiger charge is 2.44. The predicted molar refractivity (Wildman–Crippen MR) is 95.8 cm³/mol. The lowest BCUT2D eigenvalue weighted by atomic mass is 9.77. The van der Waals surface area contributed by atoms with Crippen molar-refractivity contribution in [3.05, 3.63) is 35.4 Å². The van der Waals surface area contributed by atoms with Gasteiger partial charge in [0.1, 0.15) is 0 Å². The zero-order valence-electron chi connectivity index (χ0n) is 15.1. The summed E-state index contributed by atoms with van der Waals surface area (Å²) in [5, 5.41) is 0. The summed E-state index contributed by atoms with van der Waals surface area (Å²) in [5.41, 5.74) is 2.96. The number of benzene rings is 1. The standard InChI is InChI=1S/C20H30N2O2/c1-17-5-3-6-18(13-17)15-21-10-7-20(8-11-21)14-19(23)22(16-20)9-4-12-24-2/h3,5-6,13H,4,7-12,14-16H2,1-2H3. The van der Waals surface area contributed by atoms with Crippen LogP contribution in [-0.4, -0.2) is 55.6 Å². The Kier molecular flexibility index (Phi) is 5.57. The first-order chi connectivity index (χ1) is 11.6. The van der Waals surface area contributed by atoms with Crippen molar-refractivity contribution in [3.63, 3.8) is 0 Å². The molecule has 2 fully saturated rings. The van der Waals surface area contributed by atoms with Gasteiger partial charge in [-0.15, -0.1) is 0 Å². The van der Waals surface area contributed by atoms with Gasteiger partial charge in [0, 0.05) is 39.8 Å². The van der Waals surface area contributed by atoms with Gasteiger partial charge in [-0.1, -0.05) is 29.8 Å². The third-order valence-corrected chi connectivity index (χ3v) is 5.59. The van der Waals surface area contributed by atoms with Gasteiger partial charge in [0.15, 0.2) is 0 Å². The van der Waals surface area contributed by atoms with Gasteiger partial charge in [-0.25, -0.2) is 0 Å². The van der Waals surface area contributed by atoms with Gasteiger partial charge in [-0.2, -0.15) is 0 Å².